The summed E-state index contributed by atoms with van der Waals surface area (Å²) in [6, 6.07) is 0.407. The van der Waals surface area contributed by atoms with Crippen molar-refractivity contribution in [1.29, 1.82) is 0 Å². The zero-order chi connectivity index (χ0) is 9.60. The first-order chi connectivity index (χ1) is 6.76. The molecule has 1 atom stereocenters. The van der Waals surface area contributed by atoms with Gasteiger partial charge in [-0.3, -0.25) is 4.90 Å². The summed E-state index contributed by atoms with van der Waals surface area (Å²) in [5.74, 6) is 0. The molecule has 0 aromatic rings. The van der Waals surface area contributed by atoms with Gasteiger partial charge in [0.15, 0.2) is 0 Å². The molecule has 3 fully saturated rings. The van der Waals surface area contributed by atoms with E-state index in [1.807, 2.05) is 0 Å². The van der Waals surface area contributed by atoms with E-state index >= 15 is 0 Å². The van der Waals surface area contributed by atoms with Crippen molar-refractivity contribution in [3.63, 3.8) is 0 Å². The average molecular weight is 196 g/mol. The van der Waals surface area contributed by atoms with Crippen LogP contribution in [0.1, 0.15) is 32.1 Å². The van der Waals surface area contributed by atoms with Crippen LogP contribution in [0.25, 0.3) is 0 Å². The summed E-state index contributed by atoms with van der Waals surface area (Å²) in [6.45, 7) is 3.39. The van der Waals surface area contributed by atoms with Crippen LogP contribution in [-0.4, -0.2) is 42.3 Å². The minimum Gasteiger partial charge on any atom is -0.370 e. The predicted octanol–water partition coefficient (Wildman–Crippen LogP) is 0.731. The van der Waals surface area contributed by atoms with Crippen molar-refractivity contribution in [3.8, 4) is 0 Å². The Balaban J connectivity index is 1.61. The first-order valence-electron chi connectivity index (χ1n) is 5.92. The van der Waals surface area contributed by atoms with Crippen molar-refractivity contribution in [2.24, 2.45) is 5.73 Å². The molecule has 0 aliphatic carbocycles. The lowest BCUT2D eigenvalue weighted by molar-refractivity contribution is -0.00886. The Bertz CT molecular complexity index is 223. The molecule has 2 bridgehead atoms. The number of ether oxygens (including phenoxy) is 1. The van der Waals surface area contributed by atoms with Gasteiger partial charge in [-0.2, -0.15) is 0 Å². The smallest absolute Gasteiger partial charge is 0.0814 e. The number of hydrogen-bond acceptors (Lipinski definition) is 3. The minimum atomic E-state index is 0.231. The summed E-state index contributed by atoms with van der Waals surface area (Å²) in [5, 5.41) is 0. The van der Waals surface area contributed by atoms with Crippen molar-refractivity contribution >= 4 is 0 Å². The number of nitrogens with two attached hydrogens (primary N) is 1. The zero-order valence-electron chi connectivity index (χ0n) is 8.74. The Hall–Kier alpha value is -0.120. The maximum Gasteiger partial charge on any atom is 0.0814 e. The number of rotatable bonds is 2. The zero-order valence-corrected chi connectivity index (χ0v) is 8.74. The molecule has 3 saturated heterocycles. The van der Waals surface area contributed by atoms with Gasteiger partial charge in [0.05, 0.1) is 11.7 Å². The lowest BCUT2D eigenvalue weighted by Gasteiger charge is -2.30. The number of nitrogens with zero attached hydrogens (tertiary/aromatic N) is 1. The molecule has 3 aliphatic heterocycles. The fourth-order valence-electron chi connectivity index (χ4n) is 3.32. The molecule has 3 nitrogen and oxygen atoms in total. The second-order valence-corrected chi connectivity index (χ2v) is 5.28. The first-order valence-corrected chi connectivity index (χ1v) is 5.92. The number of likely N-dealkylation sites (tertiary alicyclic amines) is 1. The van der Waals surface area contributed by atoms with Gasteiger partial charge in [-0.05, 0) is 38.6 Å². The van der Waals surface area contributed by atoms with E-state index in [4.69, 9.17) is 10.5 Å². The molecular formula is C11H20N2O. The quantitative estimate of drug-likeness (QED) is 0.707. The van der Waals surface area contributed by atoms with Crippen LogP contribution in [0, 0.1) is 0 Å². The van der Waals surface area contributed by atoms with Gasteiger partial charge < -0.3 is 10.5 Å². The molecular weight excluding hydrogens is 176 g/mol. The van der Waals surface area contributed by atoms with Crippen molar-refractivity contribution in [2.75, 3.05) is 19.6 Å². The van der Waals surface area contributed by atoms with E-state index in [1.165, 1.54) is 38.6 Å². The number of fused-ring (bicyclic) bond motifs is 2. The molecule has 0 aromatic carbocycles. The van der Waals surface area contributed by atoms with Gasteiger partial charge in [-0.15, -0.1) is 0 Å². The van der Waals surface area contributed by atoms with Crippen LogP contribution in [0.5, 0.6) is 0 Å². The lowest BCUT2D eigenvalue weighted by Crippen LogP contribution is -2.41. The molecule has 0 amide bonds. The molecule has 2 N–H and O–H groups in total. The van der Waals surface area contributed by atoms with E-state index in [9.17, 15) is 0 Å². The van der Waals surface area contributed by atoms with Gasteiger partial charge in [-0.1, -0.05) is 0 Å². The normalized spacial score (nSPS) is 47.8. The highest BCUT2D eigenvalue weighted by molar-refractivity contribution is 4.99. The van der Waals surface area contributed by atoms with Gasteiger partial charge in [0, 0.05) is 19.1 Å². The van der Waals surface area contributed by atoms with E-state index in [2.05, 4.69) is 4.90 Å². The van der Waals surface area contributed by atoms with Gasteiger partial charge in [0.2, 0.25) is 0 Å². The largest absolute Gasteiger partial charge is 0.370 e. The Labute approximate surface area is 85.6 Å². The Morgan fingerprint density at radius 2 is 2.07 bits per heavy atom. The van der Waals surface area contributed by atoms with Crippen LogP contribution >= 0.6 is 0 Å². The second kappa shape index (κ2) is 3.19. The maximum absolute atomic E-state index is 6.07. The molecule has 0 unspecified atom stereocenters. The van der Waals surface area contributed by atoms with Crippen molar-refractivity contribution in [3.05, 3.63) is 0 Å². The van der Waals surface area contributed by atoms with Crippen LogP contribution < -0.4 is 5.73 Å². The number of hydrogen-bond donors (Lipinski definition) is 1. The third-order valence-corrected chi connectivity index (χ3v) is 4.08. The SMILES string of the molecule is N[C@@H]1CCN(CC23CCC(CC2)O3)C1. The molecule has 0 spiro atoms. The molecule has 0 aromatic heterocycles. The Kier molecular flexibility index (Phi) is 2.08. The minimum absolute atomic E-state index is 0.231. The third kappa shape index (κ3) is 1.47. The van der Waals surface area contributed by atoms with Crippen LogP contribution in [0.2, 0.25) is 0 Å². The highest BCUT2D eigenvalue weighted by Crippen LogP contribution is 2.44. The lowest BCUT2D eigenvalue weighted by atomic mass is 9.88. The van der Waals surface area contributed by atoms with Crippen LogP contribution in [0.15, 0.2) is 0 Å². The Morgan fingerprint density at radius 3 is 2.57 bits per heavy atom. The molecule has 3 aliphatic rings. The molecule has 80 valence electrons. The molecule has 3 heterocycles. The molecule has 3 heteroatoms. The van der Waals surface area contributed by atoms with Gasteiger partial charge >= 0.3 is 0 Å². The Morgan fingerprint density at radius 1 is 1.29 bits per heavy atom. The second-order valence-electron chi connectivity index (χ2n) is 5.28. The van der Waals surface area contributed by atoms with Gasteiger partial charge in [0.1, 0.15) is 0 Å². The van der Waals surface area contributed by atoms with Crippen molar-refractivity contribution in [2.45, 2.75) is 49.9 Å². The van der Waals surface area contributed by atoms with E-state index in [0.29, 0.717) is 12.1 Å². The molecule has 0 radical (unpaired) electrons. The fraction of sp³-hybridized carbons (Fsp3) is 1.00. The summed E-state index contributed by atoms with van der Waals surface area (Å²) >= 11 is 0. The standard InChI is InChI=1S/C11H20N2O/c12-9-3-6-13(7-9)8-11-4-1-10(14-11)2-5-11/h9-10H,1-8,12H2/t9-,10?,11?/m1/s1. The van der Waals surface area contributed by atoms with E-state index in [-0.39, 0.29) is 5.60 Å². The van der Waals surface area contributed by atoms with Crippen molar-refractivity contribution in [1.82, 2.24) is 4.90 Å². The summed E-state index contributed by atoms with van der Waals surface area (Å²) in [7, 11) is 0. The van der Waals surface area contributed by atoms with Crippen LogP contribution in [0.3, 0.4) is 0 Å². The molecule has 3 rings (SSSR count). The molecule has 14 heavy (non-hydrogen) atoms. The molecule has 0 saturated carbocycles. The summed E-state index contributed by atoms with van der Waals surface area (Å²) in [4.78, 5) is 2.50. The third-order valence-electron chi connectivity index (χ3n) is 4.08. The maximum atomic E-state index is 6.07. The predicted molar refractivity (Wildman–Crippen MR) is 55.1 cm³/mol. The summed E-state index contributed by atoms with van der Waals surface area (Å²) in [5.41, 5.74) is 6.14. The first kappa shape index (κ1) is 9.13. The fourth-order valence-corrected chi connectivity index (χ4v) is 3.32. The van der Waals surface area contributed by atoms with Gasteiger partial charge in [-0.25, -0.2) is 0 Å². The highest BCUT2D eigenvalue weighted by atomic mass is 16.5. The van der Waals surface area contributed by atoms with Crippen LogP contribution in [-0.2, 0) is 4.74 Å². The summed E-state index contributed by atoms with van der Waals surface area (Å²) in [6.07, 6.45) is 6.90. The average Bonchev–Trinajstić information content (AvgIpc) is 2.82. The highest BCUT2D eigenvalue weighted by Gasteiger charge is 2.47. The van der Waals surface area contributed by atoms with E-state index in [1.54, 1.807) is 0 Å². The monoisotopic (exact) mass is 196 g/mol. The van der Waals surface area contributed by atoms with E-state index in [0.717, 1.165) is 13.1 Å². The topological polar surface area (TPSA) is 38.5 Å². The van der Waals surface area contributed by atoms with Crippen molar-refractivity contribution < 1.29 is 4.74 Å². The summed E-state index contributed by atoms with van der Waals surface area (Å²) < 4.78 is 6.07. The van der Waals surface area contributed by atoms with E-state index < -0.39 is 0 Å². The van der Waals surface area contributed by atoms with Gasteiger partial charge in [0.25, 0.3) is 0 Å². The van der Waals surface area contributed by atoms with Crippen LogP contribution in [0.4, 0.5) is 0 Å².